The van der Waals surface area contributed by atoms with Crippen LogP contribution < -0.4 is 5.32 Å². The van der Waals surface area contributed by atoms with Crippen molar-refractivity contribution < 1.29 is 4.79 Å². The molecule has 1 fully saturated rings. The Labute approximate surface area is 111 Å². The van der Waals surface area contributed by atoms with Gasteiger partial charge in [-0.15, -0.1) is 0 Å². The predicted octanol–water partition coefficient (Wildman–Crippen LogP) is 2.47. The summed E-state index contributed by atoms with van der Waals surface area (Å²) in [5.41, 5.74) is 0. The van der Waals surface area contributed by atoms with Gasteiger partial charge in [0, 0.05) is 12.1 Å². The van der Waals surface area contributed by atoms with Crippen LogP contribution in [-0.4, -0.2) is 21.7 Å². The highest BCUT2D eigenvalue weighted by Crippen LogP contribution is 2.18. The van der Waals surface area contributed by atoms with Crippen molar-refractivity contribution in [2.24, 2.45) is 0 Å². The van der Waals surface area contributed by atoms with E-state index >= 15 is 0 Å². The molecule has 1 aliphatic rings. The molecule has 0 spiro atoms. The maximum atomic E-state index is 11.7. The summed E-state index contributed by atoms with van der Waals surface area (Å²) in [7, 11) is 0. The van der Waals surface area contributed by atoms with Crippen LogP contribution in [0.5, 0.6) is 0 Å². The zero-order chi connectivity index (χ0) is 11.5. The van der Waals surface area contributed by atoms with E-state index in [9.17, 15) is 4.79 Å². The second kappa shape index (κ2) is 5.31. The topological polar surface area (TPSA) is 46.9 Å². The van der Waals surface area contributed by atoms with Gasteiger partial charge in [-0.25, -0.2) is 4.68 Å². The molecule has 16 heavy (non-hydrogen) atoms. The minimum atomic E-state index is 0.0307. The molecule has 1 aliphatic carbocycles. The van der Waals surface area contributed by atoms with Crippen LogP contribution in [-0.2, 0) is 11.3 Å². The molecule has 0 saturated heterocycles. The molecule has 1 heterocycles. The molecule has 1 amide bonds. The minimum Gasteiger partial charge on any atom is -0.352 e. The average molecular weight is 351 g/mol. The minimum absolute atomic E-state index is 0.0307. The summed E-state index contributed by atoms with van der Waals surface area (Å²) in [6, 6.07) is 2.19. The number of rotatable bonds is 3. The van der Waals surface area contributed by atoms with Crippen molar-refractivity contribution >= 4 is 37.8 Å². The van der Waals surface area contributed by atoms with E-state index in [4.69, 9.17) is 0 Å². The van der Waals surface area contributed by atoms with E-state index in [-0.39, 0.29) is 12.5 Å². The number of carbonyl (C=O) groups is 1. The third-order valence-electron chi connectivity index (χ3n) is 2.71. The third kappa shape index (κ3) is 3.07. The summed E-state index contributed by atoms with van der Waals surface area (Å²) in [6.07, 6.45) is 4.66. The molecule has 1 aromatic heterocycles. The lowest BCUT2D eigenvalue weighted by atomic mass is 10.2. The molecule has 1 saturated carbocycles. The number of amides is 1. The summed E-state index contributed by atoms with van der Waals surface area (Å²) in [5, 5.41) is 7.18. The Hall–Kier alpha value is -0.360. The van der Waals surface area contributed by atoms with Crippen molar-refractivity contribution in [1.29, 1.82) is 0 Å². The molecule has 0 bridgehead atoms. The van der Waals surface area contributed by atoms with Gasteiger partial charge in [0.05, 0.1) is 0 Å². The Kier molecular flexibility index (Phi) is 4.02. The molecular formula is C10H13Br2N3O. The largest absolute Gasteiger partial charge is 0.352 e. The van der Waals surface area contributed by atoms with Crippen molar-refractivity contribution in [3.8, 4) is 0 Å². The van der Waals surface area contributed by atoms with Crippen LogP contribution in [0.1, 0.15) is 25.7 Å². The summed E-state index contributed by atoms with van der Waals surface area (Å²) in [5.74, 6) is 0.0307. The van der Waals surface area contributed by atoms with Crippen LogP contribution in [0.4, 0.5) is 0 Å². The smallest absolute Gasteiger partial charge is 0.241 e. The SMILES string of the molecule is O=C(Cn1nc(Br)cc1Br)NC1CCCC1. The van der Waals surface area contributed by atoms with E-state index in [0.29, 0.717) is 6.04 Å². The average Bonchev–Trinajstić information content (AvgIpc) is 2.78. The van der Waals surface area contributed by atoms with E-state index in [1.807, 2.05) is 6.07 Å². The van der Waals surface area contributed by atoms with Gasteiger partial charge < -0.3 is 5.32 Å². The highest BCUT2D eigenvalue weighted by atomic mass is 79.9. The van der Waals surface area contributed by atoms with E-state index in [1.165, 1.54) is 12.8 Å². The van der Waals surface area contributed by atoms with Gasteiger partial charge in [-0.05, 0) is 44.7 Å². The van der Waals surface area contributed by atoms with Crippen molar-refractivity contribution in [1.82, 2.24) is 15.1 Å². The molecular weight excluding hydrogens is 338 g/mol. The molecule has 88 valence electrons. The maximum Gasteiger partial charge on any atom is 0.241 e. The Bertz CT molecular complexity index is 385. The summed E-state index contributed by atoms with van der Waals surface area (Å²) in [6.45, 7) is 0.267. The van der Waals surface area contributed by atoms with Gasteiger partial charge in [-0.2, -0.15) is 5.10 Å². The Morgan fingerprint density at radius 1 is 1.50 bits per heavy atom. The van der Waals surface area contributed by atoms with E-state index in [0.717, 1.165) is 22.0 Å². The monoisotopic (exact) mass is 349 g/mol. The fourth-order valence-electron chi connectivity index (χ4n) is 1.96. The van der Waals surface area contributed by atoms with Crippen molar-refractivity contribution in [2.45, 2.75) is 38.3 Å². The number of nitrogens with zero attached hydrogens (tertiary/aromatic N) is 2. The van der Waals surface area contributed by atoms with Gasteiger partial charge in [0.25, 0.3) is 0 Å². The quantitative estimate of drug-likeness (QED) is 0.910. The van der Waals surface area contributed by atoms with E-state index in [2.05, 4.69) is 42.3 Å². The zero-order valence-corrected chi connectivity index (χ0v) is 11.9. The van der Waals surface area contributed by atoms with Gasteiger partial charge in [-0.3, -0.25) is 4.79 Å². The van der Waals surface area contributed by atoms with Crippen LogP contribution >= 0.6 is 31.9 Å². The molecule has 0 atom stereocenters. The molecule has 0 aromatic carbocycles. The highest BCUT2D eigenvalue weighted by molar-refractivity contribution is 9.11. The first-order valence-corrected chi connectivity index (χ1v) is 6.92. The van der Waals surface area contributed by atoms with Crippen LogP contribution in [0, 0.1) is 0 Å². The molecule has 0 unspecified atom stereocenters. The molecule has 1 N–H and O–H groups in total. The lowest BCUT2D eigenvalue weighted by molar-refractivity contribution is -0.122. The van der Waals surface area contributed by atoms with Crippen molar-refractivity contribution in [2.75, 3.05) is 0 Å². The van der Waals surface area contributed by atoms with E-state index < -0.39 is 0 Å². The molecule has 0 aliphatic heterocycles. The second-order valence-electron chi connectivity index (χ2n) is 4.00. The molecule has 6 heteroatoms. The van der Waals surface area contributed by atoms with Gasteiger partial charge in [0.15, 0.2) is 0 Å². The molecule has 4 nitrogen and oxygen atoms in total. The van der Waals surface area contributed by atoms with Gasteiger partial charge in [0.2, 0.25) is 5.91 Å². The normalized spacial score (nSPS) is 16.6. The Morgan fingerprint density at radius 2 is 2.19 bits per heavy atom. The molecule has 2 rings (SSSR count). The van der Waals surface area contributed by atoms with Crippen LogP contribution in [0.25, 0.3) is 0 Å². The first kappa shape index (κ1) is 12.1. The maximum absolute atomic E-state index is 11.7. The first-order chi connectivity index (χ1) is 7.65. The number of hydrogen-bond donors (Lipinski definition) is 1. The third-order valence-corrected chi connectivity index (χ3v) is 3.74. The Morgan fingerprint density at radius 3 is 2.75 bits per heavy atom. The fourth-order valence-corrected chi connectivity index (χ4v) is 3.09. The number of carbonyl (C=O) groups excluding carboxylic acids is 1. The summed E-state index contributed by atoms with van der Waals surface area (Å²) < 4.78 is 3.17. The lowest BCUT2D eigenvalue weighted by Gasteiger charge is -2.11. The zero-order valence-electron chi connectivity index (χ0n) is 8.75. The highest BCUT2D eigenvalue weighted by Gasteiger charge is 2.17. The van der Waals surface area contributed by atoms with Crippen LogP contribution in [0.15, 0.2) is 15.3 Å². The van der Waals surface area contributed by atoms with Crippen molar-refractivity contribution in [3.63, 3.8) is 0 Å². The molecule has 0 radical (unpaired) electrons. The standard InChI is InChI=1S/C10H13Br2N3O/c11-8-5-9(12)15(14-8)6-10(16)13-7-3-1-2-4-7/h5,7H,1-4,6H2,(H,13,16). The van der Waals surface area contributed by atoms with E-state index in [1.54, 1.807) is 4.68 Å². The predicted molar refractivity (Wildman–Crippen MR) is 68.0 cm³/mol. The fraction of sp³-hybridized carbons (Fsp3) is 0.600. The van der Waals surface area contributed by atoms with Gasteiger partial charge in [0.1, 0.15) is 15.8 Å². The number of aromatic nitrogens is 2. The van der Waals surface area contributed by atoms with Crippen molar-refractivity contribution in [3.05, 3.63) is 15.3 Å². The van der Waals surface area contributed by atoms with Gasteiger partial charge in [-0.1, -0.05) is 12.8 Å². The van der Waals surface area contributed by atoms with Gasteiger partial charge >= 0.3 is 0 Å². The van der Waals surface area contributed by atoms with Crippen LogP contribution in [0.2, 0.25) is 0 Å². The molecule has 1 aromatic rings. The lowest BCUT2D eigenvalue weighted by Crippen LogP contribution is -2.35. The number of halogens is 2. The Balaban J connectivity index is 1.89. The summed E-state index contributed by atoms with van der Waals surface area (Å²) >= 11 is 6.62. The number of hydrogen-bond acceptors (Lipinski definition) is 2. The second-order valence-corrected chi connectivity index (χ2v) is 5.62. The van der Waals surface area contributed by atoms with Crippen LogP contribution in [0.3, 0.4) is 0 Å². The first-order valence-electron chi connectivity index (χ1n) is 5.33. The summed E-state index contributed by atoms with van der Waals surface area (Å²) in [4.78, 5) is 11.7. The number of nitrogens with one attached hydrogen (secondary N) is 1.